The van der Waals surface area contributed by atoms with Crippen LogP contribution in [0.3, 0.4) is 0 Å². The number of urea groups is 1. The van der Waals surface area contributed by atoms with Gasteiger partial charge in [-0.3, -0.25) is 0 Å². The summed E-state index contributed by atoms with van der Waals surface area (Å²) in [7, 11) is 3.10. The number of carbonyl (C=O) groups is 1. The monoisotopic (exact) mass is 372 g/mol. The molecule has 1 aromatic heterocycles. The molecule has 1 fully saturated rings. The van der Waals surface area contributed by atoms with Crippen LogP contribution in [0.15, 0.2) is 36.7 Å². The number of carbonyl (C=O) groups excluding carboxylic acids is 1. The normalized spacial score (nSPS) is 19.0. The van der Waals surface area contributed by atoms with Crippen molar-refractivity contribution in [1.29, 1.82) is 0 Å². The van der Waals surface area contributed by atoms with Crippen LogP contribution in [-0.2, 0) is 0 Å². The van der Waals surface area contributed by atoms with Crippen LogP contribution in [0, 0.1) is 0 Å². The van der Waals surface area contributed by atoms with Crippen LogP contribution >= 0.6 is 0 Å². The smallest absolute Gasteiger partial charge is 0.319 e. The Kier molecular flexibility index (Phi) is 6.30. The van der Waals surface area contributed by atoms with Crippen LogP contribution in [0.5, 0.6) is 17.5 Å². The van der Waals surface area contributed by atoms with E-state index in [4.69, 9.17) is 14.2 Å². The van der Waals surface area contributed by atoms with Gasteiger partial charge in [-0.05, 0) is 43.9 Å². The van der Waals surface area contributed by atoms with Crippen molar-refractivity contribution in [2.75, 3.05) is 19.5 Å². The van der Waals surface area contributed by atoms with Gasteiger partial charge in [-0.2, -0.15) is 0 Å². The summed E-state index contributed by atoms with van der Waals surface area (Å²) >= 11 is 0. The van der Waals surface area contributed by atoms with E-state index in [1.165, 1.54) is 0 Å². The number of rotatable bonds is 6. The molecule has 8 heteroatoms. The van der Waals surface area contributed by atoms with Crippen molar-refractivity contribution >= 4 is 11.7 Å². The molecule has 1 aliphatic rings. The molecule has 0 radical (unpaired) electrons. The number of nitrogens with zero attached hydrogens (tertiary/aromatic N) is 2. The fourth-order valence-electron chi connectivity index (χ4n) is 3.15. The molecule has 144 valence electrons. The minimum atomic E-state index is -0.266. The van der Waals surface area contributed by atoms with Crippen LogP contribution in [0.1, 0.15) is 25.7 Å². The summed E-state index contributed by atoms with van der Waals surface area (Å²) in [6, 6.07) is 7.33. The van der Waals surface area contributed by atoms with E-state index in [0.29, 0.717) is 23.2 Å². The van der Waals surface area contributed by atoms with E-state index in [0.717, 1.165) is 25.7 Å². The molecule has 1 heterocycles. The fraction of sp³-hybridized carbons (Fsp3) is 0.421. The summed E-state index contributed by atoms with van der Waals surface area (Å²) in [5.41, 5.74) is 0.563. The van der Waals surface area contributed by atoms with Crippen molar-refractivity contribution in [3.63, 3.8) is 0 Å². The zero-order chi connectivity index (χ0) is 19.1. The minimum absolute atomic E-state index is 0.0759. The van der Waals surface area contributed by atoms with Gasteiger partial charge in [0.1, 0.15) is 6.10 Å². The quantitative estimate of drug-likeness (QED) is 0.809. The Bertz CT molecular complexity index is 749. The molecule has 1 aromatic carbocycles. The molecule has 2 aromatic rings. The van der Waals surface area contributed by atoms with Crippen LogP contribution in [0.2, 0.25) is 0 Å². The van der Waals surface area contributed by atoms with E-state index in [9.17, 15) is 4.79 Å². The fourth-order valence-corrected chi connectivity index (χ4v) is 3.15. The second kappa shape index (κ2) is 9.07. The summed E-state index contributed by atoms with van der Waals surface area (Å²) in [5, 5.41) is 5.84. The lowest BCUT2D eigenvalue weighted by atomic mass is 9.93. The van der Waals surface area contributed by atoms with Crippen molar-refractivity contribution in [3.05, 3.63) is 36.7 Å². The van der Waals surface area contributed by atoms with Crippen molar-refractivity contribution in [2.24, 2.45) is 0 Å². The van der Waals surface area contributed by atoms with Gasteiger partial charge in [-0.1, -0.05) is 6.07 Å². The van der Waals surface area contributed by atoms with E-state index >= 15 is 0 Å². The highest BCUT2D eigenvalue weighted by molar-refractivity contribution is 5.91. The van der Waals surface area contributed by atoms with E-state index in [-0.39, 0.29) is 18.2 Å². The van der Waals surface area contributed by atoms with Crippen molar-refractivity contribution in [1.82, 2.24) is 15.3 Å². The Morgan fingerprint density at radius 3 is 2.44 bits per heavy atom. The Morgan fingerprint density at radius 2 is 1.78 bits per heavy atom. The first-order valence-electron chi connectivity index (χ1n) is 8.91. The molecule has 0 atom stereocenters. The predicted molar refractivity (Wildman–Crippen MR) is 100 cm³/mol. The van der Waals surface area contributed by atoms with Crippen LogP contribution in [-0.4, -0.2) is 42.4 Å². The van der Waals surface area contributed by atoms with Gasteiger partial charge in [0, 0.05) is 18.4 Å². The molecule has 0 unspecified atom stereocenters. The van der Waals surface area contributed by atoms with Crippen molar-refractivity contribution in [2.45, 2.75) is 37.8 Å². The molecule has 3 rings (SSSR count). The number of nitrogens with one attached hydrogen (secondary N) is 2. The Labute approximate surface area is 158 Å². The van der Waals surface area contributed by atoms with Crippen molar-refractivity contribution < 1.29 is 19.0 Å². The Hall–Kier alpha value is -3.03. The van der Waals surface area contributed by atoms with Crippen LogP contribution in [0.4, 0.5) is 10.5 Å². The lowest BCUT2D eigenvalue weighted by molar-refractivity contribution is 0.129. The zero-order valence-corrected chi connectivity index (χ0v) is 15.5. The summed E-state index contributed by atoms with van der Waals surface area (Å²) in [6.45, 7) is 0. The number of hydrogen-bond donors (Lipinski definition) is 2. The van der Waals surface area contributed by atoms with E-state index in [1.807, 2.05) is 0 Å². The second-order valence-electron chi connectivity index (χ2n) is 6.26. The molecule has 27 heavy (non-hydrogen) atoms. The van der Waals surface area contributed by atoms with Gasteiger partial charge in [0.25, 0.3) is 0 Å². The predicted octanol–water partition coefficient (Wildman–Crippen LogP) is 3.01. The molecule has 1 saturated carbocycles. The lowest BCUT2D eigenvalue weighted by Gasteiger charge is -2.28. The first-order chi connectivity index (χ1) is 13.2. The summed E-state index contributed by atoms with van der Waals surface area (Å²) in [5.74, 6) is 1.06. The number of aromatic nitrogens is 2. The highest BCUT2D eigenvalue weighted by Crippen LogP contribution is 2.34. The number of hydrogen-bond acceptors (Lipinski definition) is 6. The van der Waals surface area contributed by atoms with Gasteiger partial charge < -0.3 is 24.8 Å². The molecule has 1 aliphatic carbocycles. The SMILES string of the molecule is COc1cccc(NC(=O)NC2CCC(Oc3ncccn3)CC2)c1OC. The van der Waals surface area contributed by atoms with Crippen LogP contribution < -0.4 is 24.8 Å². The topological polar surface area (TPSA) is 94.6 Å². The van der Waals surface area contributed by atoms with Gasteiger partial charge in [-0.15, -0.1) is 0 Å². The highest BCUT2D eigenvalue weighted by Gasteiger charge is 2.24. The summed E-state index contributed by atoms with van der Waals surface area (Å²) < 4.78 is 16.4. The average Bonchev–Trinajstić information content (AvgIpc) is 2.70. The minimum Gasteiger partial charge on any atom is -0.493 e. The maximum Gasteiger partial charge on any atom is 0.319 e. The molecule has 0 bridgehead atoms. The van der Waals surface area contributed by atoms with E-state index in [1.54, 1.807) is 50.9 Å². The first kappa shape index (κ1) is 18.8. The Morgan fingerprint density at radius 1 is 1.04 bits per heavy atom. The van der Waals surface area contributed by atoms with E-state index < -0.39 is 0 Å². The molecular formula is C19H24N4O4. The Balaban J connectivity index is 1.49. The average molecular weight is 372 g/mol. The second-order valence-corrected chi connectivity index (χ2v) is 6.26. The molecule has 2 N–H and O–H groups in total. The molecule has 0 spiro atoms. The largest absolute Gasteiger partial charge is 0.493 e. The standard InChI is InChI=1S/C19H24N4O4/c1-25-16-6-3-5-15(17(16)26-2)23-18(24)22-13-7-9-14(10-8-13)27-19-20-11-4-12-21-19/h3-6,11-14H,7-10H2,1-2H3,(H2,22,23,24). The first-order valence-corrected chi connectivity index (χ1v) is 8.91. The van der Waals surface area contributed by atoms with Crippen molar-refractivity contribution in [3.8, 4) is 17.5 Å². The maximum absolute atomic E-state index is 12.4. The van der Waals surface area contributed by atoms with Gasteiger partial charge in [0.15, 0.2) is 11.5 Å². The third-order valence-corrected chi connectivity index (χ3v) is 4.47. The molecule has 0 saturated heterocycles. The van der Waals surface area contributed by atoms with Gasteiger partial charge >= 0.3 is 12.0 Å². The molecule has 2 amide bonds. The molecule has 0 aliphatic heterocycles. The van der Waals surface area contributed by atoms with Gasteiger partial charge in [-0.25, -0.2) is 14.8 Å². The maximum atomic E-state index is 12.4. The van der Waals surface area contributed by atoms with Gasteiger partial charge in [0.2, 0.25) is 0 Å². The number of methoxy groups -OCH3 is 2. The van der Waals surface area contributed by atoms with Crippen LogP contribution in [0.25, 0.3) is 0 Å². The number of ether oxygens (including phenoxy) is 3. The molecule has 8 nitrogen and oxygen atoms in total. The summed E-state index contributed by atoms with van der Waals surface area (Å²) in [6.07, 6.45) is 6.74. The van der Waals surface area contributed by atoms with E-state index in [2.05, 4.69) is 20.6 Å². The van der Waals surface area contributed by atoms with Gasteiger partial charge in [0.05, 0.1) is 19.9 Å². The zero-order valence-electron chi connectivity index (χ0n) is 15.5. The molecular weight excluding hydrogens is 348 g/mol. The lowest BCUT2D eigenvalue weighted by Crippen LogP contribution is -2.41. The number of para-hydroxylation sites is 1. The number of benzene rings is 1. The highest BCUT2D eigenvalue weighted by atomic mass is 16.5. The third-order valence-electron chi connectivity index (χ3n) is 4.47. The number of anilines is 1. The summed E-state index contributed by atoms with van der Waals surface area (Å²) in [4.78, 5) is 20.5. The third kappa shape index (κ3) is 4.99. The number of amides is 2.